The van der Waals surface area contributed by atoms with Crippen molar-refractivity contribution in [3.8, 4) is 11.3 Å². The maximum atomic E-state index is 11.7. The van der Waals surface area contributed by atoms with E-state index < -0.39 is 5.97 Å². The van der Waals surface area contributed by atoms with Crippen LogP contribution >= 0.6 is 0 Å². The van der Waals surface area contributed by atoms with Gasteiger partial charge in [0, 0.05) is 17.8 Å². The summed E-state index contributed by atoms with van der Waals surface area (Å²) in [5, 5.41) is 18.9. The summed E-state index contributed by atoms with van der Waals surface area (Å²) in [4.78, 5) is 25.2. The third-order valence-corrected chi connectivity index (χ3v) is 3.76. The van der Waals surface area contributed by atoms with Gasteiger partial charge in [-0.2, -0.15) is 5.10 Å². The van der Waals surface area contributed by atoms with Gasteiger partial charge in [0.25, 0.3) is 5.56 Å². The van der Waals surface area contributed by atoms with Gasteiger partial charge in [-0.15, -0.1) is 0 Å². The van der Waals surface area contributed by atoms with Gasteiger partial charge in [0.05, 0.1) is 17.8 Å². The van der Waals surface area contributed by atoms with E-state index in [1.54, 1.807) is 4.68 Å². The number of carbonyl (C=O) groups is 1. The molecule has 0 aromatic carbocycles. The molecule has 112 valence electrons. The predicted molar refractivity (Wildman–Crippen MR) is 75.6 cm³/mol. The second-order valence-corrected chi connectivity index (χ2v) is 5.43. The second-order valence-electron chi connectivity index (χ2n) is 5.43. The minimum atomic E-state index is -1.08. The highest BCUT2D eigenvalue weighted by atomic mass is 16.4. The highest BCUT2D eigenvalue weighted by Gasteiger charge is 2.30. The van der Waals surface area contributed by atoms with Crippen LogP contribution in [-0.2, 0) is 19.4 Å². The fraction of sp³-hybridized carbons (Fsp3) is 0.462. The van der Waals surface area contributed by atoms with Gasteiger partial charge < -0.3 is 10.0 Å². The number of rotatable bonds is 4. The minimum Gasteiger partial charge on any atom is -0.476 e. The Balaban J connectivity index is 2.13. The predicted octanol–water partition coefficient (Wildman–Crippen LogP) is -0.0751. The molecule has 8 heteroatoms. The van der Waals surface area contributed by atoms with E-state index in [1.165, 1.54) is 0 Å². The molecule has 0 aliphatic heterocycles. The van der Waals surface area contributed by atoms with Crippen molar-refractivity contribution >= 4 is 5.97 Å². The van der Waals surface area contributed by atoms with Crippen molar-refractivity contribution in [2.24, 2.45) is 0 Å². The lowest BCUT2D eigenvalue weighted by Gasteiger charge is -2.15. The molecule has 2 aromatic rings. The van der Waals surface area contributed by atoms with Crippen LogP contribution in [0.3, 0.4) is 0 Å². The third kappa shape index (κ3) is 2.17. The molecule has 8 nitrogen and oxygen atoms in total. The van der Waals surface area contributed by atoms with Gasteiger partial charge in [-0.05, 0) is 26.9 Å². The number of nitrogens with zero attached hydrogens (tertiary/aromatic N) is 3. The number of hydrogen-bond donors (Lipinski definition) is 3. The highest BCUT2D eigenvalue weighted by Crippen LogP contribution is 2.33. The first-order valence-corrected chi connectivity index (χ1v) is 6.76. The van der Waals surface area contributed by atoms with Crippen LogP contribution in [0.15, 0.2) is 4.79 Å². The molecule has 0 bridgehead atoms. The maximum Gasteiger partial charge on any atom is 0.357 e. The number of fused-ring (bicyclic) bond motifs is 3. The Kier molecular flexibility index (Phi) is 3.17. The van der Waals surface area contributed by atoms with E-state index in [0.717, 1.165) is 12.2 Å². The number of nitrogens with one attached hydrogen (secondary N) is 2. The van der Waals surface area contributed by atoms with Crippen LogP contribution < -0.4 is 5.56 Å². The molecule has 0 fully saturated rings. The van der Waals surface area contributed by atoms with Gasteiger partial charge in [0.1, 0.15) is 0 Å². The number of aromatic nitrogens is 4. The van der Waals surface area contributed by atoms with E-state index in [-0.39, 0.29) is 11.3 Å². The van der Waals surface area contributed by atoms with Crippen molar-refractivity contribution in [3.63, 3.8) is 0 Å². The number of aromatic amines is 2. The molecule has 2 heterocycles. The molecular formula is C13H17N5O3. The van der Waals surface area contributed by atoms with Gasteiger partial charge in [0.2, 0.25) is 0 Å². The van der Waals surface area contributed by atoms with Crippen molar-refractivity contribution < 1.29 is 9.90 Å². The largest absolute Gasteiger partial charge is 0.476 e. The number of likely N-dealkylation sites (N-methyl/N-ethyl adjacent to an activating group) is 1. The van der Waals surface area contributed by atoms with Crippen molar-refractivity contribution in [1.29, 1.82) is 0 Å². The molecule has 0 radical (unpaired) electrons. The quantitative estimate of drug-likeness (QED) is 0.730. The lowest BCUT2D eigenvalue weighted by molar-refractivity contribution is 0.0690. The number of H-pyrrole nitrogens is 2. The van der Waals surface area contributed by atoms with Crippen LogP contribution in [0, 0.1) is 0 Å². The summed E-state index contributed by atoms with van der Waals surface area (Å²) >= 11 is 0. The first kappa shape index (κ1) is 13.6. The fourth-order valence-electron chi connectivity index (χ4n) is 2.72. The van der Waals surface area contributed by atoms with Crippen molar-refractivity contribution in [2.75, 3.05) is 20.6 Å². The van der Waals surface area contributed by atoms with Crippen molar-refractivity contribution in [2.45, 2.75) is 19.4 Å². The van der Waals surface area contributed by atoms with Crippen LogP contribution in [0.2, 0.25) is 0 Å². The zero-order chi connectivity index (χ0) is 15.1. The Bertz CT molecular complexity index is 752. The molecule has 0 saturated carbocycles. The third-order valence-electron chi connectivity index (χ3n) is 3.76. The fourth-order valence-corrected chi connectivity index (χ4v) is 2.72. The molecule has 1 aliphatic carbocycles. The van der Waals surface area contributed by atoms with Crippen LogP contribution in [0.25, 0.3) is 11.3 Å². The van der Waals surface area contributed by atoms with Gasteiger partial charge >= 0.3 is 5.97 Å². The normalized spacial score (nSPS) is 13.3. The molecule has 0 unspecified atom stereocenters. The SMILES string of the molecule is CN(C)CCn1nc(C(=O)O)c2c1CCc1c-2[nH][nH]c1=O. The van der Waals surface area contributed by atoms with Crippen LogP contribution in [-0.4, -0.2) is 56.6 Å². The van der Waals surface area contributed by atoms with E-state index in [9.17, 15) is 14.7 Å². The lowest BCUT2D eigenvalue weighted by Crippen LogP contribution is -2.21. The molecule has 21 heavy (non-hydrogen) atoms. The second kappa shape index (κ2) is 4.88. The standard InChI is InChI=1S/C13H17N5O3/c1-17(2)5-6-18-8-4-3-7-10(14-15-12(7)19)9(8)11(16-18)13(20)21/h3-6H2,1-2H3,(H,20,21)(H2,14,15,19). The zero-order valence-electron chi connectivity index (χ0n) is 11.9. The average Bonchev–Trinajstić information content (AvgIpc) is 2.97. The summed E-state index contributed by atoms with van der Waals surface area (Å²) in [6.07, 6.45) is 1.21. The number of carboxylic acid groups (broad SMARTS) is 1. The molecule has 0 amide bonds. The number of hydrogen-bond acceptors (Lipinski definition) is 4. The van der Waals surface area contributed by atoms with Crippen LogP contribution in [0.5, 0.6) is 0 Å². The zero-order valence-corrected chi connectivity index (χ0v) is 11.9. The van der Waals surface area contributed by atoms with Gasteiger partial charge in [-0.3, -0.25) is 19.7 Å². The number of aromatic carboxylic acids is 1. The first-order chi connectivity index (χ1) is 9.99. The van der Waals surface area contributed by atoms with Crippen molar-refractivity contribution in [1.82, 2.24) is 24.9 Å². The van der Waals surface area contributed by atoms with E-state index in [1.807, 2.05) is 19.0 Å². The Morgan fingerprint density at radius 1 is 1.38 bits per heavy atom. The summed E-state index contributed by atoms with van der Waals surface area (Å²) in [5.74, 6) is -1.08. The topological polar surface area (TPSA) is 107 Å². The Labute approximate surface area is 120 Å². The first-order valence-electron chi connectivity index (χ1n) is 6.76. The Morgan fingerprint density at radius 2 is 2.14 bits per heavy atom. The molecular weight excluding hydrogens is 274 g/mol. The summed E-state index contributed by atoms with van der Waals surface area (Å²) in [5.41, 5.74) is 2.40. The molecule has 0 atom stereocenters. The van der Waals surface area contributed by atoms with E-state index in [0.29, 0.717) is 36.2 Å². The average molecular weight is 291 g/mol. The van der Waals surface area contributed by atoms with Crippen molar-refractivity contribution in [3.05, 3.63) is 27.3 Å². The Morgan fingerprint density at radius 3 is 2.81 bits per heavy atom. The van der Waals surface area contributed by atoms with E-state index >= 15 is 0 Å². The lowest BCUT2D eigenvalue weighted by atomic mass is 9.94. The van der Waals surface area contributed by atoms with Gasteiger partial charge in [-0.25, -0.2) is 4.79 Å². The summed E-state index contributed by atoms with van der Waals surface area (Å²) in [6, 6.07) is 0. The molecule has 0 spiro atoms. The van der Waals surface area contributed by atoms with Gasteiger partial charge in [-0.1, -0.05) is 0 Å². The summed E-state index contributed by atoms with van der Waals surface area (Å²) < 4.78 is 1.74. The maximum absolute atomic E-state index is 11.7. The molecule has 3 N–H and O–H groups in total. The number of carboxylic acids is 1. The smallest absolute Gasteiger partial charge is 0.357 e. The molecule has 3 rings (SSSR count). The van der Waals surface area contributed by atoms with E-state index in [4.69, 9.17) is 0 Å². The monoisotopic (exact) mass is 291 g/mol. The molecule has 2 aromatic heterocycles. The van der Waals surface area contributed by atoms with Crippen LogP contribution in [0.1, 0.15) is 21.7 Å². The highest BCUT2D eigenvalue weighted by molar-refractivity contribution is 5.95. The van der Waals surface area contributed by atoms with Gasteiger partial charge in [0.15, 0.2) is 5.69 Å². The molecule has 0 saturated heterocycles. The summed E-state index contributed by atoms with van der Waals surface area (Å²) in [7, 11) is 3.91. The molecule has 1 aliphatic rings. The minimum absolute atomic E-state index is 0.0000406. The Hall–Kier alpha value is -2.35. The summed E-state index contributed by atoms with van der Waals surface area (Å²) in [6.45, 7) is 1.39. The van der Waals surface area contributed by atoms with E-state index in [2.05, 4.69) is 15.3 Å². The van der Waals surface area contributed by atoms with Crippen LogP contribution in [0.4, 0.5) is 0 Å².